The Labute approximate surface area is 188 Å². The third-order valence-electron chi connectivity index (χ3n) is 5.07. The minimum absolute atomic E-state index is 0.0381. The monoisotopic (exact) mass is 451 g/mol. The predicted molar refractivity (Wildman–Crippen MR) is 120 cm³/mol. The third kappa shape index (κ3) is 4.63. The van der Waals surface area contributed by atoms with Gasteiger partial charge in [0.05, 0.1) is 18.9 Å². The number of hydrogen-bond donors (Lipinski definition) is 3. The van der Waals surface area contributed by atoms with Crippen molar-refractivity contribution in [3.63, 3.8) is 0 Å². The molecule has 0 saturated carbocycles. The molecule has 170 valence electrons. The van der Waals surface area contributed by atoms with Gasteiger partial charge in [0.25, 0.3) is 0 Å². The highest BCUT2D eigenvalue weighted by atomic mass is 19.1. The van der Waals surface area contributed by atoms with E-state index in [9.17, 15) is 14.0 Å². The molecule has 2 aromatic heterocycles. The number of Topliss-reactive ketones (excluding diaryl/α,β-unsaturated/α-hetero) is 1. The molecular weight excluding hydrogens is 429 g/mol. The van der Waals surface area contributed by atoms with Gasteiger partial charge >= 0.3 is 5.97 Å². The number of anilines is 1. The molecule has 3 aromatic rings. The molecule has 0 spiro atoms. The van der Waals surface area contributed by atoms with E-state index in [1.807, 2.05) is 6.07 Å². The van der Waals surface area contributed by atoms with Gasteiger partial charge in [-0.15, -0.1) is 0 Å². The van der Waals surface area contributed by atoms with Gasteiger partial charge in [0.1, 0.15) is 29.4 Å². The highest BCUT2D eigenvalue weighted by Crippen LogP contribution is 2.33. The van der Waals surface area contributed by atoms with Gasteiger partial charge in [-0.3, -0.25) is 4.79 Å². The smallest absolute Gasteiger partial charge is 0.343 e. The first-order chi connectivity index (χ1) is 16.0. The highest BCUT2D eigenvalue weighted by Gasteiger charge is 2.34. The zero-order chi connectivity index (χ0) is 23.4. The van der Waals surface area contributed by atoms with Gasteiger partial charge in [0.2, 0.25) is 0 Å². The molecule has 0 bridgehead atoms. The van der Waals surface area contributed by atoms with Gasteiger partial charge in [0, 0.05) is 47.1 Å². The first kappa shape index (κ1) is 22.2. The number of aromatic amines is 1. The Balaban J connectivity index is 1.66. The predicted octanol–water partition coefficient (Wildman–Crippen LogP) is 3.36. The summed E-state index contributed by atoms with van der Waals surface area (Å²) in [6.07, 6.45) is 5.19. The molecular formula is C24H22FN3O5. The molecule has 0 atom stereocenters. The van der Waals surface area contributed by atoms with E-state index < -0.39 is 17.6 Å². The molecule has 33 heavy (non-hydrogen) atoms. The molecule has 1 aliphatic carbocycles. The van der Waals surface area contributed by atoms with E-state index in [0.29, 0.717) is 11.2 Å². The number of pyridine rings is 1. The fourth-order valence-corrected chi connectivity index (χ4v) is 3.60. The number of hydrogen-bond acceptors (Lipinski definition) is 7. The van der Waals surface area contributed by atoms with E-state index in [1.165, 1.54) is 12.1 Å². The largest absolute Gasteiger partial charge is 0.491 e. The first-order valence-corrected chi connectivity index (χ1v) is 10.4. The molecule has 2 heterocycles. The fraction of sp³-hybridized carbons (Fsp3) is 0.208. The molecule has 9 heteroatoms. The van der Waals surface area contributed by atoms with Crippen LogP contribution in [-0.2, 0) is 14.3 Å². The van der Waals surface area contributed by atoms with E-state index in [0.717, 1.165) is 17.0 Å². The maximum Gasteiger partial charge on any atom is 0.343 e. The number of nitrogens with one attached hydrogen (secondary N) is 2. The zero-order valence-electron chi connectivity index (χ0n) is 17.9. The summed E-state index contributed by atoms with van der Waals surface area (Å²) in [5.74, 6) is -1.62. The standard InChI is InChI=1S/C24H22FN3O5/c1-2-32-24(31)21-20(28-19-6-5-16(12-18(19)25)33-9-8-29)11-14(22(21)30)10-15-13-27-23-17(15)4-3-7-26-23/h3-7,10,12-13,28-29H,2,8-9,11H2,1H3,(H,26,27)/b14-10+. The Kier molecular flexibility index (Phi) is 6.50. The quantitative estimate of drug-likeness (QED) is 0.273. The van der Waals surface area contributed by atoms with Crippen molar-refractivity contribution in [2.24, 2.45) is 0 Å². The van der Waals surface area contributed by atoms with Crippen LogP contribution in [0.15, 0.2) is 59.6 Å². The topological polar surface area (TPSA) is 114 Å². The van der Waals surface area contributed by atoms with Crippen LogP contribution in [0, 0.1) is 5.82 Å². The van der Waals surface area contributed by atoms with Crippen LogP contribution in [0.4, 0.5) is 10.1 Å². The number of carbonyl (C=O) groups excluding carboxylic acids is 2. The molecule has 0 saturated heterocycles. The van der Waals surface area contributed by atoms with E-state index in [1.54, 1.807) is 31.5 Å². The molecule has 8 nitrogen and oxygen atoms in total. The average molecular weight is 451 g/mol. The number of fused-ring (bicyclic) bond motifs is 1. The first-order valence-electron chi connectivity index (χ1n) is 10.4. The van der Waals surface area contributed by atoms with E-state index in [2.05, 4.69) is 15.3 Å². The SMILES string of the molecule is CCOC(=O)C1=C(Nc2ccc(OCCO)cc2F)C/C(=C\c2c[nH]c3ncccc23)C1=O. The summed E-state index contributed by atoms with van der Waals surface area (Å²) < 4.78 is 24.9. The molecule has 0 radical (unpaired) electrons. The van der Waals surface area contributed by atoms with Gasteiger partial charge in [-0.25, -0.2) is 14.2 Å². The lowest BCUT2D eigenvalue weighted by Gasteiger charge is -2.11. The number of benzene rings is 1. The Morgan fingerprint density at radius 2 is 2.21 bits per heavy atom. The van der Waals surface area contributed by atoms with Gasteiger partial charge in [-0.2, -0.15) is 0 Å². The van der Waals surface area contributed by atoms with Crippen molar-refractivity contribution in [1.82, 2.24) is 9.97 Å². The Morgan fingerprint density at radius 3 is 2.97 bits per heavy atom. The van der Waals surface area contributed by atoms with Crippen LogP contribution in [0.5, 0.6) is 5.75 Å². The van der Waals surface area contributed by atoms with Crippen molar-refractivity contribution in [3.8, 4) is 5.75 Å². The van der Waals surface area contributed by atoms with Crippen LogP contribution in [-0.4, -0.2) is 46.6 Å². The Morgan fingerprint density at radius 1 is 1.36 bits per heavy atom. The molecule has 3 N–H and O–H groups in total. The number of halogens is 1. The summed E-state index contributed by atoms with van der Waals surface area (Å²) >= 11 is 0. The van der Waals surface area contributed by atoms with Crippen LogP contribution in [0.1, 0.15) is 18.9 Å². The number of nitrogens with zero attached hydrogens (tertiary/aromatic N) is 1. The second-order valence-corrected chi connectivity index (χ2v) is 7.23. The number of aromatic nitrogens is 2. The molecule has 4 rings (SSSR count). The van der Waals surface area contributed by atoms with Crippen molar-refractivity contribution >= 4 is 34.5 Å². The number of carbonyl (C=O) groups is 2. The molecule has 1 aliphatic rings. The number of rotatable bonds is 8. The molecule has 1 aromatic carbocycles. The van der Waals surface area contributed by atoms with Crippen molar-refractivity contribution in [3.05, 3.63) is 70.9 Å². The van der Waals surface area contributed by atoms with Crippen LogP contribution in [0.25, 0.3) is 17.1 Å². The van der Waals surface area contributed by atoms with E-state index in [4.69, 9.17) is 14.6 Å². The van der Waals surface area contributed by atoms with Gasteiger partial charge in [0.15, 0.2) is 5.78 Å². The van der Waals surface area contributed by atoms with Crippen LogP contribution < -0.4 is 10.1 Å². The van der Waals surface area contributed by atoms with E-state index in [-0.39, 0.29) is 48.9 Å². The number of H-pyrrole nitrogens is 1. The minimum atomic E-state index is -0.766. The lowest BCUT2D eigenvalue weighted by molar-refractivity contribution is -0.139. The highest BCUT2D eigenvalue weighted by molar-refractivity contribution is 6.28. The average Bonchev–Trinajstić information content (AvgIpc) is 3.35. The lowest BCUT2D eigenvalue weighted by Crippen LogP contribution is -2.16. The summed E-state index contributed by atoms with van der Waals surface area (Å²) in [6, 6.07) is 7.79. The second-order valence-electron chi connectivity index (χ2n) is 7.23. The molecule has 0 amide bonds. The second kappa shape index (κ2) is 9.66. The third-order valence-corrected chi connectivity index (χ3v) is 5.07. The normalized spacial score (nSPS) is 14.9. The van der Waals surface area contributed by atoms with E-state index >= 15 is 0 Å². The van der Waals surface area contributed by atoms with Gasteiger partial charge < -0.3 is 24.9 Å². The zero-order valence-corrected chi connectivity index (χ0v) is 17.9. The summed E-state index contributed by atoms with van der Waals surface area (Å²) in [5.41, 5.74) is 1.98. The maximum atomic E-state index is 14.6. The van der Waals surface area contributed by atoms with Gasteiger partial charge in [-0.1, -0.05) is 0 Å². The lowest BCUT2D eigenvalue weighted by atomic mass is 10.1. The molecule has 0 aliphatic heterocycles. The number of aliphatic hydroxyl groups excluding tert-OH is 1. The summed E-state index contributed by atoms with van der Waals surface area (Å²) in [5, 5.41) is 12.6. The van der Waals surface area contributed by atoms with Crippen LogP contribution in [0.2, 0.25) is 0 Å². The summed E-state index contributed by atoms with van der Waals surface area (Å²) in [7, 11) is 0. The summed E-state index contributed by atoms with van der Waals surface area (Å²) in [6.45, 7) is 1.59. The maximum absolute atomic E-state index is 14.6. The number of allylic oxidation sites excluding steroid dienone is 1. The minimum Gasteiger partial charge on any atom is -0.491 e. The number of esters is 1. The van der Waals surface area contributed by atoms with Gasteiger partial charge in [-0.05, 0) is 37.3 Å². The Hall–Kier alpha value is -3.98. The molecule has 0 unspecified atom stereocenters. The number of ether oxygens (including phenoxy) is 2. The van der Waals surface area contributed by atoms with Crippen molar-refractivity contribution < 1.29 is 28.6 Å². The van der Waals surface area contributed by atoms with Crippen molar-refractivity contribution in [2.75, 3.05) is 25.1 Å². The summed E-state index contributed by atoms with van der Waals surface area (Å²) in [4.78, 5) is 32.9. The van der Waals surface area contributed by atoms with Crippen LogP contribution >= 0.6 is 0 Å². The molecule has 0 fully saturated rings. The Bertz CT molecular complexity index is 1280. The van der Waals surface area contributed by atoms with Crippen molar-refractivity contribution in [2.45, 2.75) is 13.3 Å². The number of ketones is 1. The fourth-order valence-electron chi connectivity index (χ4n) is 3.60. The number of aliphatic hydroxyl groups is 1. The van der Waals surface area contributed by atoms with Crippen LogP contribution in [0.3, 0.4) is 0 Å². The van der Waals surface area contributed by atoms with Crippen molar-refractivity contribution in [1.29, 1.82) is 0 Å².